The minimum atomic E-state index is -4.67. The van der Waals surface area contributed by atoms with Crippen molar-refractivity contribution in [2.24, 2.45) is 0 Å². The third kappa shape index (κ3) is 34.6. The molecule has 0 aromatic rings. The molecule has 0 spiro atoms. The van der Waals surface area contributed by atoms with E-state index in [-0.39, 0.29) is 12.8 Å². The van der Waals surface area contributed by atoms with E-state index in [1.54, 1.807) is 0 Å². The average Bonchev–Trinajstić information content (AvgIpc) is 2.69. The van der Waals surface area contributed by atoms with E-state index in [9.17, 15) is 0 Å². The van der Waals surface area contributed by atoms with Crippen molar-refractivity contribution in [1.82, 2.24) is 4.90 Å². The molecular weight excluding hydrogens is 418 g/mol. The van der Waals surface area contributed by atoms with Gasteiger partial charge in [-0.05, 0) is 20.4 Å². The molecule has 0 aliphatic carbocycles. The van der Waals surface area contributed by atoms with Gasteiger partial charge in [0, 0.05) is 13.2 Å². The van der Waals surface area contributed by atoms with Crippen LogP contribution in [0, 0.1) is 0 Å². The fourth-order valence-corrected chi connectivity index (χ4v) is 3.37. The van der Waals surface area contributed by atoms with Crippen LogP contribution in [-0.2, 0) is 15.1 Å². The van der Waals surface area contributed by atoms with Crippen molar-refractivity contribution in [2.75, 3.05) is 26.8 Å². The third-order valence-electron chi connectivity index (χ3n) is 5.43. The smallest absolute Gasteiger partial charge is 0.394 e. The second-order valence-corrected chi connectivity index (χ2v) is 9.32. The largest absolute Gasteiger partial charge is 0.395 e. The van der Waals surface area contributed by atoms with Gasteiger partial charge in [0.05, 0.1) is 6.61 Å². The zero-order valence-electron chi connectivity index (χ0n) is 20.4. The monoisotopic (exact) mass is 469 g/mol. The summed E-state index contributed by atoms with van der Waals surface area (Å²) in [7, 11) is -2.67. The number of hydrogen-bond donors (Lipinski definition) is 3. The van der Waals surface area contributed by atoms with Crippen molar-refractivity contribution in [3.63, 3.8) is 0 Å². The van der Waals surface area contributed by atoms with Gasteiger partial charge < -0.3 is 9.84 Å². The Morgan fingerprint density at radius 1 is 0.742 bits per heavy atom. The molecule has 8 heteroatoms. The van der Waals surface area contributed by atoms with Gasteiger partial charge in [-0.25, -0.2) is 0 Å². The van der Waals surface area contributed by atoms with Gasteiger partial charge in [-0.2, -0.15) is 8.42 Å². The molecule has 190 valence electrons. The zero-order valence-corrected chi connectivity index (χ0v) is 21.3. The maximum atomic E-state index is 8.91. The maximum Gasteiger partial charge on any atom is 0.394 e. The number of hydrogen-bond acceptors (Lipinski definition) is 5. The van der Waals surface area contributed by atoms with Crippen LogP contribution in [0.4, 0.5) is 0 Å². The van der Waals surface area contributed by atoms with E-state index in [2.05, 4.69) is 13.8 Å². The Hall–Kier alpha value is -0.250. The summed E-state index contributed by atoms with van der Waals surface area (Å²) in [6.45, 7) is 6.07. The highest BCUT2D eigenvalue weighted by Gasteiger charge is 2.07. The van der Waals surface area contributed by atoms with Gasteiger partial charge >= 0.3 is 10.4 Å². The summed E-state index contributed by atoms with van der Waals surface area (Å²) >= 11 is 0. The fraction of sp³-hybridized carbons (Fsp3) is 1.00. The highest BCUT2D eigenvalue weighted by Crippen LogP contribution is 2.13. The molecule has 0 rings (SSSR count). The summed E-state index contributed by atoms with van der Waals surface area (Å²) < 4.78 is 37.4. The molecule has 0 amide bonds. The van der Waals surface area contributed by atoms with E-state index in [0.29, 0.717) is 6.54 Å². The quantitative estimate of drug-likeness (QED) is 0.109. The fourth-order valence-electron chi connectivity index (χ4n) is 3.37. The highest BCUT2D eigenvalue weighted by atomic mass is 32.3. The summed E-state index contributed by atoms with van der Waals surface area (Å²) in [5.41, 5.74) is 0. The Bertz CT molecular complexity index is 439. The second-order valence-electron chi connectivity index (χ2n) is 8.43. The van der Waals surface area contributed by atoms with Gasteiger partial charge in [0.1, 0.15) is 6.23 Å². The highest BCUT2D eigenvalue weighted by molar-refractivity contribution is 7.79. The topological polar surface area (TPSA) is 107 Å². The first-order valence-corrected chi connectivity index (χ1v) is 13.7. The molecular formula is C23H51NO6S. The van der Waals surface area contributed by atoms with Crippen LogP contribution in [0.25, 0.3) is 0 Å². The number of nitrogens with zero attached hydrogens (tertiary/aromatic N) is 1. The van der Waals surface area contributed by atoms with Gasteiger partial charge in [-0.1, -0.05) is 103 Å². The summed E-state index contributed by atoms with van der Waals surface area (Å²) in [5, 5.41) is 8.91. The van der Waals surface area contributed by atoms with E-state index in [1.807, 2.05) is 11.9 Å². The van der Waals surface area contributed by atoms with Crippen LogP contribution in [0.5, 0.6) is 0 Å². The standard InChI is InChI=1S/C23H49NO2.H2O4S/c1-4-5-6-7-8-9-10-11-12-13-14-15-16-17-18-19-22-26-23(2)24(3)20-21-25;1-5(2,3)4/h23,25H,4-22H2,1-3H3;(H2,1,2,3,4). The van der Waals surface area contributed by atoms with Crippen LogP contribution in [-0.4, -0.2) is 60.6 Å². The molecule has 31 heavy (non-hydrogen) atoms. The molecule has 0 saturated carbocycles. The summed E-state index contributed by atoms with van der Waals surface area (Å²) in [6, 6.07) is 0. The zero-order chi connectivity index (χ0) is 23.8. The third-order valence-corrected chi connectivity index (χ3v) is 5.43. The van der Waals surface area contributed by atoms with Gasteiger partial charge in [0.25, 0.3) is 0 Å². The van der Waals surface area contributed by atoms with Crippen molar-refractivity contribution in [3.8, 4) is 0 Å². The first-order chi connectivity index (χ1) is 14.7. The number of aliphatic hydroxyl groups is 1. The van der Waals surface area contributed by atoms with Crippen molar-refractivity contribution >= 4 is 10.4 Å². The van der Waals surface area contributed by atoms with E-state index >= 15 is 0 Å². The lowest BCUT2D eigenvalue weighted by Crippen LogP contribution is -2.33. The lowest BCUT2D eigenvalue weighted by molar-refractivity contribution is -0.0409. The molecule has 7 nitrogen and oxygen atoms in total. The predicted octanol–water partition coefficient (Wildman–Crippen LogP) is 5.88. The lowest BCUT2D eigenvalue weighted by atomic mass is 10.0. The van der Waals surface area contributed by atoms with Gasteiger partial charge in [0.15, 0.2) is 0 Å². The molecule has 0 aromatic heterocycles. The minimum Gasteiger partial charge on any atom is -0.395 e. The number of unbranched alkanes of at least 4 members (excludes halogenated alkanes) is 15. The van der Waals surface area contributed by atoms with Crippen LogP contribution >= 0.6 is 0 Å². The van der Waals surface area contributed by atoms with Crippen molar-refractivity contribution in [3.05, 3.63) is 0 Å². The van der Waals surface area contributed by atoms with E-state index in [4.69, 9.17) is 27.4 Å². The van der Waals surface area contributed by atoms with Crippen molar-refractivity contribution in [2.45, 2.75) is 123 Å². The normalized spacial score (nSPS) is 12.6. The molecule has 1 atom stereocenters. The molecule has 0 radical (unpaired) electrons. The van der Waals surface area contributed by atoms with Crippen LogP contribution in [0.15, 0.2) is 0 Å². The molecule has 0 saturated heterocycles. The van der Waals surface area contributed by atoms with Crippen LogP contribution in [0.2, 0.25) is 0 Å². The number of ether oxygens (including phenoxy) is 1. The lowest BCUT2D eigenvalue weighted by Gasteiger charge is -2.23. The average molecular weight is 470 g/mol. The van der Waals surface area contributed by atoms with Gasteiger partial charge in [-0.3, -0.25) is 14.0 Å². The SMILES string of the molecule is CCCCCCCCCCCCCCCCCCOC(C)N(C)CCO.O=S(=O)(O)O. The van der Waals surface area contributed by atoms with Gasteiger partial charge in [-0.15, -0.1) is 0 Å². The molecule has 0 heterocycles. The Kier molecular flexibility index (Phi) is 25.9. The Balaban J connectivity index is 0. The molecule has 3 N–H and O–H groups in total. The first kappa shape index (κ1) is 32.9. The molecule has 0 fully saturated rings. The number of rotatable bonds is 21. The number of aliphatic hydroxyl groups excluding tert-OH is 1. The molecule has 1 unspecified atom stereocenters. The molecule has 0 aliphatic rings. The van der Waals surface area contributed by atoms with Crippen LogP contribution < -0.4 is 0 Å². The van der Waals surface area contributed by atoms with Crippen LogP contribution in [0.3, 0.4) is 0 Å². The maximum absolute atomic E-state index is 8.91. The minimum absolute atomic E-state index is 0.110. The van der Waals surface area contributed by atoms with Crippen molar-refractivity contribution in [1.29, 1.82) is 0 Å². The van der Waals surface area contributed by atoms with E-state index in [0.717, 1.165) is 13.0 Å². The molecule has 0 aromatic carbocycles. The van der Waals surface area contributed by atoms with E-state index < -0.39 is 10.4 Å². The van der Waals surface area contributed by atoms with Gasteiger partial charge in [0.2, 0.25) is 0 Å². The Morgan fingerprint density at radius 3 is 1.39 bits per heavy atom. The van der Waals surface area contributed by atoms with Crippen molar-refractivity contribution < 1.29 is 27.4 Å². The molecule has 0 bridgehead atoms. The summed E-state index contributed by atoms with van der Waals surface area (Å²) in [6.07, 6.45) is 22.5. The Labute approximate surface area is 192 Å². The Morgan fingerprint density at radius 2 is 1.06 bits per heavy atom. The summed E-state index contributed by atoms with van der Waals surface area (Å²) in [4.78, 5) is 2.05. The predicted molar refractivity (Wildman–Crippen MR) is 129 cm³/mol. The van der Waals surface area contributed by atoms with E-state index in [1.165, 1.54) is 96.3 Å². The number of likely N-dealkylation sites (N-methyl/N-ethyl adjacent to an activating group) is 1. The first-order valence-electron chi connectivity index (χ1n) is 12.3. The molecule has 0 aliphatic heterocycles. The van der Waals surface area contributed by atoms with Crippen LogP contribution in [0.1, 0.15) is 117 Å². The second kappa shape index (κ2) is 24.4. The summed E-state index contributed by atoms with van der Waals surface area (Å²) in [5.74, 6) is 0.